The Kier molecular flexibility index (Phi) is 5.37. The maximum atomic E-state index is 11.2. The van der Waals surface area contributed by atoms with E-state index in [-0.39, 0.29) is 0 Å². The van der Waals surface area contributed by atoms with Gasteiger partial charge in [-0.25, -0.2) is 0 Å². The molecule has 0 amide bonds. The van der Waals surface area contributed by atoms with Crippen LogP contribution in [-0.4, -0.2) is 16.8 Å². The summed E-state index contributed by atoms with van der Waals surface area (Å²) in [6.45, 7) is 2.88. The Balaban J connectivity index is 1.89. The number of benzene rings is 1. The van der Waals surface area contributed by atoms with Crippen molar-refractivity contribution in [3.63, 3.8) is 0 Å². The van der Waals surface area contributed by atoms with Crippen molar-refractivity contribution in [1.82, 2.24) is 10.2 Å². The average molecular weight is 288 g/mol. The summed E-state index contributed by atoms with van der Waals surface area (Å²) < 4.78 is 5.61. The van der Waals surface area contributed by atoms with Crippen LogP contribution in [0.3, 0.4) is 0 Å². The highest BCUT2D eigenvalue weighted by Crippen LogP contribution is 2.13. The van der Waals surface area contributed by atoms with Crippen LogP contribution in [0.25, 0.3) is 0 Å². The fourth-order valence-corrected chi connectivity index (χ4v) is 1.96. The van der Waals surface area contributed by atoms with Crippen LogP contribution in [0, 0.1) is 0 Å². The molecule has 0 saturated carbocycles. The fraction of sp³-hybridized carbons (Fsp3) is 0.375. The summed E-state index contributed by atoms with van der Waals surface area (Å²) in [5.74, 6) is 0.879. The van der Waals surface area contributed by atoms with Gasteiger partial charge in [0.1, 0.15) is 5.75 Å². The standard InChI is InChI=1S/C16H20N2O3/c1-2-3-10-21-14-8-5-12(6-9-14)4-7-13-11-15(19)16(20)18-17-13/h5-6,8-9,11H,2-4,7,10H2,1H3,(H,17,19)(H,18,20). The molecule has 2 rings (SSSR count). The molecule has 112 valence electrons. The van der Waals surface area contributed by atoms with Crippen LogP contribution < -0.4 is 15.7 Å². The summed E-state index contributed by atoms with van der Waals surface area (Å²) in [6.07, 6.45) is 3.63. The van der Waals surface area contributed by atoms with E-state index in [0.717, 1.165) is 42.9 Å². The lowest BCUT2D eigenvalue weighted by molar-refractivity contribution is 0.309. The molecule has 0 unspecified atom stereocenters. The van der Waals surface area contributed by atoms with Crippen molar-refractivity contribution < 1.29 is 4.74 Å². The van der Waals surface area contributed by atoms with E-state index in [0.29, 0.717) is 6.42 Å². The first-order chi connectivity index (χ1) is 10.2. The second-order valence-corrected chi connectivity index (χ2v) is 4.96. The number of ether oxygens (including phenoxy) is 1. The number of aromatic nitrogens is 2. The lowest BCUT2D eigenvalue weighted by Gasteiger charge is -2.06. The molecule has 0 aliphatic carbocycles. The van der Waals surface area contributed by atoms with E-state index in [1.165, 1.54) is 6.07 Å². The van der Waals surface area contributed by atoms with Gasteiger partial charge in [0.15, 0.2) is 0 Å². The van der Waals surface area contributed by atoms with Crippen molar-refractivity contribution in [2.24, 2.45) is 0 Å². The zero-order valence-electron chi connectivity index (χ0n) is 12.1. The van der Waals surface area contributed by atoms with Gasteiger partial charge in [0, 0.05) is 11.8 Å². The van der Waals surface area contributed by atoms with Crippen LogP contribution in [0.4, 0.5) is 0 Å². The first-order valence-corrected chi connectivity index (χ1v) is 7.21. The first kappa shape index (κ1) is 15.1. The molecule has 1 aromatic carbocycles. The number of unbranched alkanes of at least 4 members (excludes halogenated alkanes) is 1. The lowest BCUT2D eigenvalue weighted by atomic mass is 10.1. The summed E-state index contributed by atoms with van der Waals surface area (Å²) in [4.78, 5) is 22.2. The number of aromatic amines is 2. The summed E-state index contributed by atoms with van der Waals surface area (Å²) >= 11 is 0. The molecule has 2 N–H and O–H groups in total. The van der Waals surface area contributed by atoms with Crippen molar-refractivity contribution in [3.05, 3.63) is 62.2 Å². The number of hydrogen-bond acceptors (Lipinski definition) is 3. The maximum absolute atomic E-state index is 11.2. The monoisotopic (exact) mass is 288 g/mol. The molecule has 0 spiro atoms. The van der Waals surface area contributed by atoms with E-state index < -0.39 is 11.0 Å². The van der Waals surface area contributed by atoms with E-state index in [4.69, 9.17) is 4.74 Å². The minimum Gasteiger partial charge on any atom is -0.494 e. The fourth-order valence-electron chi connectivity index (χ4n) is 1.96. The van der Waals surface area contributed by atoms with E-state index in [2.05, 4.69) is 17.1 Å². The van der Waals surface area contributed by atoms with Crippen LogP contribution in [0.1, 0.15) is 31.0 Å². The van der Waals surface area contributed by atoms with Gasteiger partial charge in [-0.15, -0.1) is 0 Å². The molecule has 0 radical (unpaired) electrons. The molecule has 1 aromatic heterocycles. The number of hydrogen-bond donors (Lipinski definition) is 2. The highest BCUT2D eigenvalue weighted by atomic mass is 16.5. The zero-order valence-corrected chi connectivity index (χ0v) is 12.1. The Morgan fingerprint density at radius 3 is 2.48 bits per heavy atom. The maximum Gasteiger partial charge on any atom is 0.310 e. The molecule has 21 heavy (non-hydrogen) atoms. The summed E-state index contributed by atoms with van der Waals surface area (Å²) in [7, 11) is 0. The van der Waals surface area contributed by atoms with Crippen LogP contribution >= 0.6 is 0 Å². The minimum absolute atomic E-state index is 0.511. The Morgan fingerprint density at radius 1 is 1.05 bits per heavy atom. The second-order valence-electron chi connectivity index (χ2n) is 4.96. The van der Waals surface area contributed by atoms with Crippen molar-refractivity contribution in [2.45, 2.75) is 32.6 Å². The van der Waals surface area contributed by atoms with Crippen molar-refractivity contribution in [2.75, 3.05) is 6.61 Å². The van der Waals surface area contributed by atoms with E-state index in [1.54, 1.807) is 0 Å². The van der Waals surface area contributed by atoms with Crippen LogP contribution in [0.15, 0.2) is 39.9 Å². The average Bonchev–Trinajstić information content (AvgIpc) is 2.50. The van der Waals surface area contributed by atoms with Gasteiger partial charge in [0.25, 0.3) is 0 Å². The quantitative estimate of drug-likeness (QED) is 0.604. The van der Waals surface area contributed by atoms with E-state index in [1.807, 2.05) is 24.3 Å². The Morgan fingerprint density at radius 2 is 1.81 bits per heavy atom. The first-order valence-electron chi connectivity index (χ1n) is 7.21. The topological polar surface area (TPSA) is 75.0 Å². The number of rotatable bonds is 7. The third kappa shape index (κ3) is 4.63. The van der Waals surface area contributed by atoms with Gasteiger partial charge < -0.3 is 9.84 Å². The molecule has 5 heteroatoms. The third-order valence-electron chi connectivity index (χ3n) is 3.24. The van der Waals surface area contributed by atoms with E-state index >= 15 is 0 Å². The van der Waals surface area contributed by atoms with Crippen LogP contribution in [0.2, 0.25) is 0 Å². The minimum atomic E-state index is -0.618. The highest BCUT2D eigenvalue weighted by Gasteiger charge is 2.00. The molecule has 2 aromatic rings. The molecular weight excluding hydrogens is 268 g/mol. The largest absolute Gasteiger partial charge is 0.494 e. The number of nitrogens with one attached hydrogen (secondary N) is 2. The summed E-state index contributed by atoms with van der Waals surface area (Å²) in [5, 5.41) is 5.06. The Labute approximate surface area is 123 Å². The smallest absolute Gasteiger partial charge is 0.310 e. The van der Waals surface area contributed by atoms with Crippen molar-refractivity contribution in [1.29, 1.82) is 0 Å². The molecule has 0 atom stereocenters. The molecule has 5 nitrogen and oxygen atoms in total. The predicted molar refractivity (Wildman–Crippen MR) is 81.9 cm³/mol. The summed E-state index contributed by atoms with van der Waals surface area (Å²) in [6, 6.07) is 9.30. The molecular formula is C16H20N2O3. The predicted octanol–water partition coefficient (Wildman–Crippen LogP) is 2.03. The van der Waals surface area contributed by atoms with Gasteiger partial charge in [0.05, 0.1) is 6.61 Å². The number of H-pyrrole nitrogens is 2. The lowest BCUT2D eigenvalue weighted by Crippen LogP contribution is -2.27. The second kappa shape index (κ2) is 7.47. The van der Waals surface area contributed by atoms with Gasteiger partial charge in [-0.05, 0) is 37.0 Å². The Hall–Kier alpha value is -2.30. The van der Waals surface area contributed by atoms with Crippen molar-refractivity contribution in [3.8, 4) is 5.75 Å². The zero-order chi connectivity index (χ0) is 15.1. The van der Waals surface area contributed by atoms with Gasteiger partial charge >= 0.3 is 5.56 Å². The van der Waals surface area contributed by atoms with Gasteiger partial charge in [0.2, 0.25) is 5.43 Å². The molecule has 0 saturated heterocycles. The molecule has 0 fully saturated rings. The highest BCUT2D eigenvalue weighted by molar-refractivity contribution is 5.27. The summed E-state index contributed by atoms with van der Waals surface area (Å²) in [5.41, 5.74) is 0.753. The Bertz CT molecular complexity index is 671. The van der Waals surface area contributed by atoms with Gasteiger partial charge in [-0.1, -0.05) is 25.5 Å². The van der Waals surface area contributed by atoms with Crippen LogP contribution in [-0.2, 0) is 12.8 Å². The SMILES string of the molecule is CCCCOc1ccc(CCc2cc(=O)c(=O)[nH][nH]2)cc1. The van der Waals surface area contributed by atoms with E-state index in [9.17, 15) is 9.59 Å². The number of aryl methyl sites for hydroxylation is 2. The van der Waals surface area contributed by atoms with Crippen molar-refractivity contribution >= 4 is 0 Å². The van der Waals surface area contributed by atoms with Gasteiger partial charge in [-0.3, -0.25) is 14.7 Å². The molecule has 1 heterocycles. The van der Waals surface area contributed by atoms with Crippen LogP contribution in [0.5, 0.6) is 5.75 Å². The normalized spacial score (nSPS) is 10.5. The molecule has 0 aliphatic rings. The molecule has 0 bridgehead atoms. The van der Waals surface area contributed by atoms with Gasteiger partial charge in [-0.2, -0.15) is 0 Å². The third-order valence-corrected chi connectivity index (χ3v) is 3.24. The molecule has 0 aliphatic heterocycles.